The van der Waals surface area contributed by atoms with Crippen LogP contribution in [0.3, 0.4) is 0 Å². The maximum Gasteiger partial charge on any atom is 0.471 e. The number of nitrogens with one attached hydrogen (secondary N) is 2. The molecule has 10 heteroatoms. The smallest absolute Gasteiger partial charge is 0.338 e. The van der Waals surface area contributed by atoms with Crippen molar-refractivity contribution in [3.63, 3.8) is 0 Å². The number of anilines is 1. The van der Waals surface area contributed by atoms with Crippen LogP contribution in [0.4, 0.5) is 24.5 Å². The second-order valence-electron chi connectivity index (χ2n) is 5.07. The number of fused-ring (bicyclic) bond motifs is 1. The lowest BCUT2D eigenvalue weighted by molar-refractivity contribution is -0.384. The number of amides is 1. The number of hydrogen-bond acceptors (Lipinski definition) is 4. The van der Waals surface area contributed by atoms with E-state index in [0.717, 1.165) is 0 Å². The molecule has 0 aliphatic rings. The van der Waals surface area contributed by atoms with Gasteiger partial charge in [0, 0.05) is 23.4 Å². The van der Waals surface area contributed by atoms with E-state index in [-0.39, 0.29) is 11.4 Å². The molecular formula is C15H9F3N4O3. The number of nitro groups is 1. The Labute approximate surface area is 137 Å². The van der Waals surface area contributed by atoms with Gasteiger partial charge in [-0.1, -0.05) is 0 Å². The number of aromatic nitrogens is 2. The molecule has 1 aromatic heterocycles. The molecule has 0 spiro atoms. The number of rotatable bonds is 3. The molecule has 0 aliphatic heterocycles. The molecule has 0 radical (unpaired) electrons. The Hall–Kier alpha value is -3.43. The van der Waals surface area contributed by atoms with Crippen molar-refractivity contribution < 1.29 is 22.9 Å². The number of aromatic amines is 1. The lowest BCUT2D eigenvalue weighted by Crippen LogP contribution is -2.29. The first kappa shape index (κ1) is 16.4. The van der Waals surface area contributed by atoms with Crippen molar-refractivity contribution in [1.29, 1.82) is 0 Å². The molecular weight excluding hydrogens is 341 g/mol. The minimum atomic E-state index is -4.97. The predicted octanol–water partition coefficient (Wildman–Crippen LogP) is 3.64. The Kier molecular flexibility index (Phi) is 3.87. The standard InChI is InChI=1S/C15H9F3N4O3/c16-15(17,18)14(23)19-9-3-1-8(2-4-9)13-20-11-6-5-10(22(24)25)7-12(11)21-13/h1-7H,(H,19,23)(H,20,21). The van der Waals surface area contributed by atoms with Gasteiger partial charge in [-0.15, -0.1) is 0 Å². The third-order valence-electron chi connectivity index (χ3n) is 3.35. The van der Waals surface area contributed by atoms with Crippen LogP contribution in [0.1, 0.15) is 0 Å². The van der Waals surface area contributed by atoms with Gasteiger partial charge in [-0.25, -0.2) is 4.98 Å². The second kappa shape index (κ2) is 5.89. The molecule has 1 amide bonds. The van der Waals surface area contributed by atoms with E-state index in [1.54, 1.807) is 5.32 Å². The second-order valence-corrected chi connectivity index (χ2v) is 5.07. The zero-order chi connectivity index (χ0) is 18.2. The van der Waals surface area contributed by atoms with E-state index in [1.807, 2.05) is 0 Å². The van der Waals surface area contributed by atoms with Crippen LogP contribution in [-0.2, 0) is 4.79 Å². The third kappa shape index (κ3) is 3.42. The third-order valence-corrected chi connectivity index (χ3v) is 3.35. The Balaban J connectivity index is 1.86. The Bertz CT molecular complexity index is 964. The lowest BCUT2D eigenvalue weighted by atomic mass is 10.2. The molecule has 2 N–H and O–H groups in total. The molecule has 1 heterocycles. The largest absolute Gasteiger partial charge is 0.471 e. The van der Waals surface area contributed by atoms with Gasteiger partial charge < -0.3 is 10.3 Å². The SMILES string of the molecule is O=C(Nc1ccc(-c2nc3ccc([N+](=O)[O-])cc3[nH]2)cc1)C(F)(F)F. The fraction of sp³-hybridized carbons (Fsp3) is 0.0667. The van der Waals surface area contributed by atoms with E-state index < -0.39 is 17.0 Å². The van der Waals surface area contributed by atoms with Crippen molar-refractivity contribution in [1.82, 2.24) is 9.97 Å². The lowest BCUT2D eigenvalue weighted by Gasteiger charge is -2.08. The summed E-state index contributed by atoms with van der Waals surface area (Å²) in [7, 11) is 0. The molecule has 0 saturated heterocycles. The first-order valence-electron chi connectivity index (χ1n) is 6.87. The summed E-state index contributed by atoms with van der Waals surface area (Å²) in [5, 5.41) is 12.5. The van der Waals surface area contributed by atoms with Crippen molar-refractivity contribution in [3.05, 3.63) is 52.6 Å². The van der Waals surface area contributed by atoms with Crippen molar-refractivity contribution in [2.24, 2.45) is 0 Å². The van der Waals surface area contributed by atoms with Gasteiger partial charge in [0.2, 0.25) is 0 Å². The molecule has 0 aliphatic carbocycles. The average molecular weight is 350 g/mol. The van der Waals surface area contributed by atoms with Crippen molar-refractivity contribution >= 4 is 28.3 Å². The predicted molar refractivity (Wildman–Crippen MR) is 82.9 cm³/mol. The molecule has 0 fully saturated rings. The van der Waals surface area contributed by atoms with Crippen molar-refractivity contribution in [3.8, 4) is 11.4 Å². The van der Waals surface area contributed by atoms with Crippen LogP contribution >= 0.6 is 0 Å². The van der Waals surface area contributed by atoms with Gasteiger partial charge in [0.1, 0.15) is 5.82 Å². The number of non-ortho nitro benzene ring substituents is 1. The summed E-state index contributed by atoms with van der Waals surface area (Å²) in [6.07, 6.45) is -4.97. The summed E-state index contributed by atoms with van der Waals surface area (Å²) in [5.74, 6) is -1.67. The van der Waals surface area contributed by atoms with E-state index in [9.17, 15) is 28.1 Å². The zero-order valence-electron chi connectivity index (χ0n) is 12.3. The number of hydrogen-bond donors (Lipinski definition) is 2. The van der Waals surface area contributed by atoms with Crippen molar-refractivity contribution in [2.45, 2.75) is 6.18 Å². The number of H-pyrrole nitrogens is 1. The van der Waals surface area contributed by atoms with Gasteiger partial charge >= 0.3 is 12.1 Å². The van der Waals surface area contributed by atoms with Crippen molar-refractivity contribution in [2.75, 3.05) is 5.32 Å². The number of imidazole rings is 1. The van der Waals surface area contributed by atoms with Gasteiger partial charge in [0.15, 0.2) is 0 Å². The first-order valence-corrected chi connectivity index (χ1v) is 6.87. The average Bonchev–Trinajstić information content (AvgIpc) is 2.97. The highest BCUT2D eigenvalue weighted by molar-refractivity contribution is 5.95. The van der Waals surface area contributed by atoms with E-state index in [4.69, 9.17) is 0 Å². The van der Waals surface area contributed by atoms with Crippen LogP contribution in [0, 0.1) is 10.1 Å². The van der Waals surface area contributed by atoms with Crippen LogP contribution in [-0.4, -0.2) is 27.0 Å². The normalized spacial score (nSPS) is 11.5. The van der Waals surface area contributed by atoms with Crippen LogP contribution in [0.15, 0.2) is 42.5 Å². The quantitative estimate of drug-likeness (QED) is 0.556. The number of benzene rings is 2. The fourth-order valence-electron chi connectivity index (χ4n) is 2.16. The molecule has 3 rings (SSSR count). The zero-order valence-corrected chi connectivity index (χ0v) is 12.3. The van der Waals surface area contributed by atoms with Crippen LogP contribution in [0.5, 0.6) is 0 Å². The van der Waals surface area contributed by atoms with Gasteiger partial charge in [0.25, 0.3) is 5.69 Å². The number of alkyl halides is 3. The molecule has 0 unspecified atom stereocenters. The molecule has 128 valence electrons. The van der Waals surface area contributed by atoms with Crippen LogP contribution in [0.2, 0.25) is 0 Å². The van der Waals surface area contributed by atoms with Gasteiger partial charge in [0.05, 0.1) is 16.0 Å². The minimum Gasteiger partial charge on any atom is -0.338 e. The monoisotopic (exact) mass is 350 g/mol. The number of nitrogens with zero attached hydrogens (tertiary/aromatic N) is 2. The summed E-state index contributed by atoms with van der Waals surface area (Å²) in [6, 6.07) is 9.69. The van der Waals surface area contributed by atoms with Gasteiger partial charge in [-0.3, -0.25) is 14.9 Å². The summed E-state index contributed by atoms with van der Waals surface area (Å²) in [4.78, 5) is 28.3. The fourth-order valence-corrected chi connectivity index (χ4v) is 2.16. The highest BCUT2D eigenvalue weighted by Gasteiger charge is 2.38. The minimum absolute atomic E-state index is 0.0159. The first-order chi connectivity index (χ1) is 11.7. The topological polar surface area (TPSA) is 101 Å². The summed E-state index contributed by atoms with van der Waals surface area (Å²) in [5.41, 5.74) is 1.41. The van der Waals surface area contributed by atoms with Crippen LogP contribution in [0.25, 0.3) is 22.4 Å². The van der Waals surface area contributed by atoms with Crippen LogP contribution < -0.4 is 5.32 Å². The number of carbonyl (C=O) groups excluding carboxylic acids is 1. The maximum atomic E-state index is 12.2. The Morgan fingerprint density at radius 3 is 2.44 bits per heavy atom. The molecule has 0 bridgehead atoms. The van der Waals surface area contributed by atoms with E-state index in [2.05, 4.69) is 9.97 Å². The molecule has 3 aromatic rings. The highest BCUT2D eigenvalue weighted by atomic mass is 19.4. The molecule has 25 heavy (non-hydrogen) atoms. The van der Waals surface area contributed by atoms with Gasteiger partial charge in [-0.05, 0) is 30.3 Å². The van der Waals surface area contributed by atoms with E-state index >= 15 is 0 Å². The summed E-state index contributed by atoms with van der Waals surface area (Å²) in [6.45, 7) is 0. The molecule has 2 aromatic carbocycles. The maximum absolute atomic E-state index is 12.2. The summed E-state index contributed by atoms with van der Waals surface area (Å²) < 4.78 is 36.6. The van der Waals surface area contributed by atoms with E-state index in [0.29, 0.717) is 22.4 Å². The number of halogens is 3. The molecule has 7 nitrogen and oxygen atoms in total. The molecule has 0 saturated carbocycles. The number of carbonyl (C=O) groups is 1. The number of nitro benzene ring substituents is 1. The van der Waals surface area contributed by atoms with Gasteiger partial charge in [-0.2, -0.15) is 13.2 Å². The van der Waals surface area contributed by atoms with E-state index in [1.165, 1.54) is 42.5 Å². The molecule has 0 atom stereocenters. The summed E-state index contributed by atoms with van der Waals surface area (Å²) >= 11 is 0. The highest BCUT2D eigenvalue weighted by Crippen LogP contribution is 2.25. The Morgan fingerprint density at radius 1 is 1.16 bits per heavy atom. The Morgan fingerprint density at radius 2 is 1.84 bits per heavy atom.